The van der Waals surface area contributed by atoms with Crippen molar-refractivity contribution in [2.75, 3.05) is 6.54 Å². The predicted molar refractivity (Wildman–Crippen MR) is 75.1 cm³/mol. The van der Waals surface area contributed by atoms with Crippen molar-refractivity contribution in [2.24, 2.45) is 7.05 Å². The zero-order valence-electron chi connectivity index (χ0n) is 10.8. The molecule has 3 rings (SSSR count). The maximum Gasteiger partial charge on any atom is 0.270 e. The molecule has 1 aliphatic rings. The normalized spacial score (nSPS) is 20.6. The lowest BCUT2D eigenvalue weighted by Crippen LogP contribution is -2.42. The van der Waals surface area contributed by atoms with E-state index in [0.29, 0.717) is 6.04 Å². The Kier molecular flexibility index (Phi) is 2.90. The quantitative estimate of drug-likeness (QED) is 0.774. The van der Waals surface area contributed by atoms with Gasteiger partial charge in [-0.05, 0) is 43.7 Å². The van der Waals surface area contributed by atoms with Gasteiger partial charge in [0.05, 0.1) is 10.2 Å². The molecule has 1 atom stereocenters. The molecule has 1 aliphatic heterocycles. The maximum absolute atomic E-state index is 12.6. The minimum absolute atomic E-state index is 0.188. The number of hydrogen-bond donors (Lipinski definition) is 0. The summed E-state index contributed by atoms with van der Waals surface area (Å²) in [6.07, 6.45) is 3.51. The number of carbonyl (C=O) groups is 1. The number of thiophene rings is 1. The van der Waals surface area contributed by atoms with Crippen molar-refractivity contribution in [2.45, 2.75) is 32.2 Å². The molecular weight excluding hydrogens is 244 g/mol. The van der Waals surface area contributed by atoms with Crippen molar-refractivity contribution >= 4 is 27.5 Å². The van der Waals surface area contributed by atoms with Gasteiger partial charge in [0.25, 0.3) is 5.91 Å². The van der Waals surface area contributed by atoms with Gasteiger partial charge in [0, 0.05) is 19.6 Å². The number of nitrogens with zero attached hydrogens (tertiary/aromatic N) is 2. The van der Waals surface area contributed by atoms with E-state index in [-0.39, 0.29) is 5.91 Å². The number of piperidine rings is 1. The summed E-state index contributed by atoms with van der Waals surface area (Å²) in [6, 6.07) is 4.49. The van der Waals surface area contributed by atoms with Crippen LogP contribution in [-0.2, 0) is 7.05 Å². The number of hydrogen-bond acceptors (Lipinski definition) is 2. The van der Waals surface area contributed by atoms with Gasteiger partial charge in [0.15, 0.2) is 0 Å². The highest BCUT2D eigenvalue weighted by atomic mass is 32.1. The molecule has 2 aromatic rings. The topological polar surface area (TPSA) is 25.2 Å². The second-order valence-electron chi connectivity index (χ2n) is 5.10. The lowest BCUT2D eigenvalue weighted by Gasteiger charge is -2.33. The fourth-order valence-corrected chi connectivity index (χ4v) is 3.65. The van der Waals surface area contributed by atoms with Crippen LogP contribution < -0.4 is 0 Å². The lowest BCUT2D eigenvalue weighted by molar-refractivity contribution is 0.0626. The molecule has 2 aromatic heterocycles. The largest absolute Gasteiger partial charge is 0.339 e. The summed E-state index contributed by atoms with van der Waals surface area (Å²) in [5.41, 5.74) is 1.98. The number of aromatic nitrogens is 1. The van der Waals surface area contributed by atoms with E-state index in [0.717, 1.165) is 30.6 Å². The number of fused-ring (bicyclic) bond motifs is 1. The fourth-order valence-electron chi connectivity index (χ4n) is 2.80. The van der Waals surface area contributed by atoms with Crippen LogP contribution in [0.25, 0.3) is 10.2 Å². The van der Waals surface area contributed by atoms with E-state index in [1.54, 1.807) is 11.3 Å². The molecule has 18 heavy (non-hydrogen) atoms. The molecule has 0 spiro atoms. The van der Waals surface area contributed by atoms with E-state index in [1.165, 1.54) is 11.1 Å². The maximum atomic E-state index is 12.6. The summed E-state index contributed by atoms with van der Waals surface area (Å²) in [7, 11) is 1.98. The minimum atomic E-state index is 0.188. The van der Waals surface area contributed by atoms with Crippen LogP contribution in [-0.4, -0.2) is 28.0 Å². The van der Waals surface area contributed by atoms with Gasteiger partial charge in [-0.1, -0.05) is 0 Å². The summed E-state index contributed by atoms with van der Waals surface area (Å²) in [5, 5.41) is 2.07. The lowest BCUT2D eigenvalue weighted by atomic mass is 10.0. The number of carbonyl (C=O) groups excluding carboxylic acids is 1. The molecule has 4 heteroatoms. The van der Waals surface area contributed by atoms with Gasteiger partial charge in [-0.3, -0.25) is 4.79 Å². The van der Waals surface area contributed by atoms with Gasteiger partial charge < -0.3 is 9.47 Å². The first-order chi connectivity index (χ1) is 8.68. The van der Waals surface area contributed by atoms with Crippen molar-refractivity contribution < 1.29 is 4.79 Å². The van der Waals surface area contributed by atoms with Gasteiger partial charge in [0.2, 0.25) is 0 Å². The predicted octanol–water partition coefficient (Wildman–Crippen LogP) is 3.25. The first-order valence-corrected chi connectivity index (χ1v) is 7.40. The first kappa shape index (κ1) is 11.8. The van der Waals surface area contributed by atoms with Gasteiger partial charge in [-0.2, -0.15) is 0 Å². The average Bonchev–Trinajstić information content (AvgIpc) is 2.93. The van der Waals surface area contributed by atoms with E-state index >= 15 is 0 Å². The molecule has 0 aromatic carbocycles. The summed E-state index contributed by atoms with van der Waals surface area (Å²) in [5.74, 6) is 0.188. The zero-order valence-corrected chi connectivity index (χ0v) is 11.7. The summed E-state index contributed by atoms with van der Waals surface area (Å²) in [4.78, 5) is 14.6. The van der Waals surface area contributed by atoms with Crippen LogP contribution in [0.5, 0.6) is 0 Å². The van der Waals surface area contributed by atoms with E-state index in [2.05, 4.69) is 18.4 Å². The Bertz CT molecular complexity index is 584. The second kappa shape index (κ2) is 4.43. The molecule has 1 amide bonds. The highest BCUT2D eigenvalue weighted by Crippen LogP contribution is 2.26. The second-order valence-corrected chi connectivity index (χ2v) is 6.05. The number of rotatable bonds is 1. The van der Waals surface area contributed by atoms with Crippen LogP contribution in [0.2, 0.25) is 0 Å². The molecule has 0 bridgehead atoms. The Morgan fingerprint density at radius 3 is 3.00 bits per heavy atom. The van der Waals surface area contributed by atoms with Gasteiger partial charge in [-0.15, -0.1) is 11.3 Å². The fraction of sp³-hybridized carbons (Fsp3) is 0.500. The monoisotopic (exact) mass is 262 g/mol. The third-order valence-corrected chi connectivity index (χ3v) is 4.80. The smallest absolute Gasteiger partial charge is 0.270 e. The van der Waals surface area contributed by atoms with E-state index in [9.17, 15) is 4.79 Å². The van der Waals surface area contributed by atoms with Crippen LogP contribution in [0.1, 0.15) is 36.7 Å². The van der Waals surface area contributed by atoms with Crippen molar-refractivity contribution in [1.29, 1.82) is 0 Å². The molecule has 0 unspecified atom stereocenters. The van der Waals surface area contributed by atoms with Crippen LogP contribution in [0.15, 0.2) is 17.5 Å². The molecule has 96 valence electrons. The first-order valence-electron chi connectivity index (χ1n) is 6.52. The summed E-state index contributed by atoms with van der Waals surface area (Å²) < 4.78 is 3.22. The Morgan fingerprint density at radius 1 is 1.44 bits per heavy atom. The van der Waals surface area contributed by atoms with E-state index in [1.807, 2.05) is 22.6 Å². The van der Waals surface area contributed by atoms with Crippen LogP contribution >= 0.6 is 11.3 Å². The van der Waals surface area contributed by atoms with Crippen LogP contribution in [0.3, 0.4) is 0 Å². The van der Waals surface area contributed by atoms with E-state index in [4.69, 9.17) is 0 Å². The Labute approximate surface area is 111 Å². The van der Waals surface area contributed by atoms with Gasteiger partial charge in [0.1, 0.15) is 5.69 Å². The Balaban J connectivity index is 1.95. The molecule has 1 fully saturated rings. The average molecular weight is 262 g/mol. The Hall–Kier alpha value is -1.29. The minimum Gasteiger partial charge on any atom is -0.339 e. The molecule has 3 heterocycles. The van der Waals surface area contributed by atoms with Gasteiger partial charge >= 0.3 is 0 Å². The summed E-state index contributed by atoms with van der Waals surface area (Å²) >= 11 is 1.70. The molecule has 0 aliphatic carbocycles. The highest BCUT2D eigenvalue weighted by Gasteiger charge is 2.26. The number of amides is 1. The van der Waals surface area contributed by atoms with Crippen molar-refractivity contribution in [3.63, 3.8) is 0 Å². The molecule has 0 N–H and O–H groups in total. The third kappa shape index (κ3) is 1.75. The summed E-state index contributed by atoms with van der Waals surface area (Å²) in [6.45, 7) is 3.06. The van der Waals surface area contributed by atoms with Crippen molar-refractivity contribution in [1.82, 2.24) is 9.47 Å². The standard InChI is InChI=1S/C14H18N2OS/c1-10-5-3-4-7-16(10)14(17)12-9-13-11(15(12)2)6-8-18-13/h6,8-10H,3-5,7H2,1-2H3/t10-/m1/s1. The van der Waals surface area contributed by atoms with E-state index < -0.39 is 0 Å². The third-order valence-electron chi connectivity index (χ3n) is 3.95. The Morgan fingerprint density at radius 2 is 2.28 bits per heavy atom. The molecule has 0 saturated carbocycles. The molecule has 3 nitrogen and oxygen atoms in total. The zero-order chi connectivity index (χ0) is 12.7. The molecular formula is C14H18N2OS. The van der Waals surface area contributed by atoms with Crippen LogP contribution in [0.4, 0.5) is 0 Å². The van der Waals surface area contributed by atoms with Crippen molar-refractivity contribution in [3.05, 3.63) is 23.2 Å². The van der Waals surface area contributed by atoms with Gasteiger partial charge in [-0.25, -0.2) is 0 Å². The molecule has 1 saturated heterocycles. The number of aryl methyl sites for hydroxylation is 1. The SMILES string of the molecule is C[C@@H]1CCCCN1C(=O)c1cc2sccc2n1C. The van der Waals surface area contributed by atoms with Crippen molar-refractivity contribution in [3.8, 4) is 0 Å². The molecule has 0 radical (unpaired) electrons. The van der Waals surface area contributed by atoms with Crippen LogP contribution in [0, 0.1) is 0 Å². The highest BCUT2D eigenvalue weighted by molar-refractivity contribution is 7.17. The number of likely N-dealkylation sites (tertiary alicyclic amines) is 1.